The summed E-state index contributed by atoms with van der Waals surface area (Å²) in [5.74, 6) is 0.541. The van der Waals surface area contributed by atoms with E-state index < -0.39 is 0 Å². The lowest BCUT2D eigenvalue weighted by molar-refractivity contribution is -0.118. The summed E-state index contributed by atoms with van der Waals surface area (Å²) in [7, 11) is 1.55. The van der Waals surface area contributed by atoms with Gasteiger partial charge in [-0.25, -0.2) is 0 Å². The molecule has 5 nitrogen and oxygen atoms in total. The van der Waals surface area contributed by atoms with Gasteiger partial charge in [0.25, 0.3) is 0 Å². The molecular weight excluding hydrogens is 218 g/mol. The molecule has 0 radical (unpaired) electrons. The second-order valence-corrected chi connectivity index (χ2v) is 3.40. The van der Waals surface area contributed by atoms with Crippen LogP contribution in [0.1, 0.15) is 12.5 Å². The van der Waals surface area contributed by atoms with Gasteiger partial charge in [-0.05, 0) is 12.1 Å². The van der Waals surface area contributed by atoms with Crippen molar-refractivity contribution in [2.75, 3.05) is 25.5 Å². The van der Waals surface area contributed by atoms with Crippen LogP contribution in [0.4, 0.5) is 5.69 Å². The molecule has 1 aromatic carbocycles. The van der Waals surface area contributed by atoms with Crippen LogP contribution < -0.4 is 15.4 Å². The van der Waals surface area contributed by atoms with Gasteiger partial charge < -0.3 is 15.4 Å². The minimum atomic E-state index is -0.0765. The van der Waals surface area contributed by atoms with Crippen molar-refractivity contribution in [3.05, 3.63) is 23.8 Å². The fraction of sp³-hybridized carbons (Fsp3) is 0.333. The average molecular weight is 233 g/mol. The molecule has 1 aromatic rings. The highest BCUT2D eigenvalue weighted by Gasteiger charge is 2.07. The molecule has 0 atom stereocenters. The molecule has 0 aromatic heterocycles. The minimum Gasteiger partial charge on any atom is -0.495 e. The predicted molar refractivity (Wildman–Crippen MR) is 64.9 cm³/mol. The van der Waals surface area contributed by atoms with E-state index in [2.05, 4.69) is 16.7 Å². The van der Waals surface area contributed by atoms with Crippen molar-refractivity contribution in [2.45, 2.75) is 6.92 Å². The summed E-state index contributed by atoms with van der Waals surface area (Å²) >= 11 is 0. The number of anilines is 1. The zero-order valence-electron chi connectivity index (χ0n) is 9.91. The Morgan fingerprint density at radius 2 is 2.24 bits per heavy atom. The average Bonchev–Trinajstić information content (AvgIpc) is 2.34. The van der Waals surface area contributed by atoms with Gasteiger partial charge in [-0.3, -0.25) is 4.79 Å². The van der Waals surface area contributed by atoms with E-state index in [-0.39, 0.29) is 5.91 Å². The van der Waals surface area contributed by atoms with Crippen LogP contribution in [0.3, 0.4) is 0 Å². The van der Waals surface area contributed by atoms with Gasteiger partial charge in [-0.2, -0.15) is 5.26 Å². The van der Waals surface area contributed by atoms with Gasteiger partial charge in [0.1, 0.15) is 11.8 Å². The van der Waals surface area contributed by atoms with E-state index in [9.17, 15) is 4.79 Å². The molecule has 0 aliphatic carbocycles. The summed E-state index contributed by atoms with van der Waals surface area (Å²) in [6.45, 7) is 2.50. The molecule has 5 heteroatoms. The summed E-state index contributed by atoms with van der Waals surface area (Å²) in [6.07, 6.45) is 0. The molecule has 90 valence electrons. The Labute approximate surface area is 100 Å². The molecule has 0 saturated heterocycles. The molecule has 0 aliphatic heterocycles. The van der Waals surface area contributed by atoms with E-state index in [0.717, 1.165) is 0 Å². The van der Waals surface area contributed by atoms with Crippen molar-refractivity contribution in [1.82, 2.24) is 5.32 Å². The fourth-order valence-corrected chi connectivity index (χ4v) is 1.40. The number of rotatable bonds is 5. The van der Waals surface area contributed by atoms with Crippen LogP contribution in [-0.2, 0) is 4.79 Å². The van der Waals surface area contributed by atoms with Gasteiger partial charge in [-0.1, -0.05) is 6.07 Å². The van der Waals surface area contributed by atoms with E-state index in [1.165, 1.54) is 6.92 Å². The number of carbonyl (C=O) groups excluding carboxylic acids is 1. The van der Waals surface area contributed by atoms with E-state index in [4.69, 9.17) is 10.00 Å². The largest absolute Gasteiger partial charge is 0.495 e. The number of ether oxygens (including phenoxy) is 1. The first kappa shape index (κ1) is 12.8. The number of hydrogen-bond acceptors (Lipinski definition) is 4. The van der Waals surface area contributed by atoms with Gasteiger partial charge in [0.15, 0.2) is 0 Å². The number of methoxy groups -OCH3 is 1. The van der Waals surface area contributed by atoms with E-state index in [1.54, 1.807) is 25.3 Å². The van der Waals surface area contributed by atoms with Crippen molar-refractivity contribution in [3.8, 4) is 11.8 Å². The number of nitriles is 1. The third-order valence-electron chi connectivity index (χ3n) is 2.17. The van der Waals surface area contributed by atoms with Crippen molar-refractivity contribution in [3.63, 3.8) is 0 Å². The van der Waals surface area contributed by atoms with Crippen LogP contribution in [-0.4, -0.2) is 26.1 Å². The highest BCUT2D eigenvalue weighted by atomic mass is 16.5. The number of nitrogens with zero attached hydrogens (tertiary/aromatic N) is 1. The van der Waals surface area contributed by atoms with Gasteiger partial charge >= 0.3 is 0 Å². The molecular formula is C12H15N3O2. The molecule has 1 rings (SSSR count). The molecule has 0 fully saturated rings. The smallest absolute Gasteiger partial charge is 0.216 e. The molecule has 17 heavy (non-hydrogen) atoms. The van der Waals surface area contributed by atoms with Gasteiger partial charge in [0.05, 0.1) is 18.4 Å². The summed E-state index contributed by atoms with van der Waals surface area (Å²) in [6, 6.07) is 7.34. The maximum atomic E-state index is 10.7. The standard InChI is InChI=1S/C12H15N3O2/c1-9(16)14-6-7-15-12-10(8-13)4-3-5-11(12)17-2/h3-5,15H,6-7H2,1-2H3,(H,14,16). The number of carbonyl (C=O) groups is 1. The van der Waals surface area contributed by atoms with E-state index >= 15 is 0 Å². The van der Waals surface area contributed by atoms with Crippen molar-refractivity contribution < 1.29 is 9.53 Å². The van der Waals surface area contributed by atoms with Crippen molar-refractivity contribution in [2.24, 2.45) is 0 Å². The topological polar surface area (TPSA) is 74.2 Å². The van der Waals surface area contributed by atoms with Crippen molar-refractivity contribution >= 4 is 11.6 Å². The second-order valence-electron chi connectivity index (χ2n) is 3.40. The Kier molecular flexibility index (Phi) is 4.82. The number of nitrogens with one attached hydrogen (secondary N) is 2. The molecule has 0 aliphatic rings. The SMILES string of the molecule is COc1cccc(C#N)c1NCCNC(C)=O. The second kappa shape index (κ2) is 6.38. The Hall–Kier alpha value is -2.22. The molecule has 0 unspecified atom stereocenters. The summed E-state index contributed by atoms with van der Waals surface area (Å²) in [4.78, 5) is 10.7. The quantitative estimate of drug-likeness (QED) is 0.747. The zero-order chi connectivity index (χ0) is 12.7. The third-order valence-corrected chi connectivity index (χ3v) is 2.17. The zero-order valence-corrected chi connectivity index (χ0v) is 9.91. The highest BCUT2D eigenvalue weighted by molar-refractivity contribution is 5.73. The Morgan fingerprint density at radius 1 is 1.47 bits per heavy atom. The maximum Gasteiger partial charge on any atom is 0.216 e. The summed E-state index contributed by atoms with van der Waals surface area (Å²) in [5, 5.41) is 14.7. The molecule has 1 amide bonds. The maximum absolute atomic E-state index is 10.7. The third kappa shape index (κ3) is 3.68. The van der Waals surface area contributed by atoms with Gasteiger partial charge in [0, 0.05) is 20.0 Å². The molecule has 0 saturated carbocycles. The predicted octanol–water partition coefficient (Wildman–Crippen LogP) is 1.11. The number of amides is 1. The normalized spacial score (nSPS) is 9.24. The number of para-hydroxylation sites is 1. The lowest BCUT2D eigenvalue weighted by atomic mass is 10.2. The lowest BCUT2D eigenvalue weighted by Gasteiger charge is -2.12. The van der Waals surface area contributed by atoms with Crippen LogP contribution in [0, 0.1) is 11.3 Å². The first-order chi connectivity index (χ1) is 8.19. The molecule has 0 heterocycles. The van der Waals surface area contributed by atoms with E-state index in [1.807, 2.05) is 0 Å². The van der Waals surface area contributed by atoms with Crippen LogP contribution in [0.2, 0.25) is 0 Å². The minimum absolute atomic E-state index is 0.0765. The first-order valence-corrected chi connectivity index (χ1v) is 5.24. The Morgan fingerprint density at radius 3 is 2.82 bits per heavy atom. The Bertz CT molecular complexity index is 438. The molecule has 0 bridgehead atoms. The molecule has 2 N–H and O–H groups in total. The fourth-order valence-electron chi connectivity index (χ4n) is 1.40. The summed E-state index contributed by atoms with van der Waals surface area (Å²) < 4.78 is 5.17. The number of hydrogen-bond donors (Lipinski definition) is 2. The van der Waals surface area contributed by atoms with Crippen LogP contribution in [0.5, 0.6) is 5.75 Å². The Balaban J connectivity index is 2.68. The monoisotopic (exact) mass is 233 g/mol. The summed E-state index contributed by atoms with van der Waals surface area (Å²) in [5.41, 5.74) is 1.18. The van der Waals surface area contributed by atoms with E-state index in [0.29, 0.717) is 30.1 Å². The van der Waals surface area contributed by atoms with Crippen molar-refractivity contribution in [1.29, 1.82) is 5.26 Å². The highest BCUT2D eigenvalue weighted by Crippen LogP contribution is 2.27. The lowest BCUT2D eigenvalue weighted by Crippen LogP contribution is -2.26. The number of benzene rings is 1. The van der Waals surface area contributed by atoms with Crippen LogP contribution >= 0.6 is 0 Å². The molecule has 0 spiro atoms. The van der Waals surface area contributed by atoms with Crippen LogP contribution in [0.25, 0.3) is 0 Å². The first-order valence-electron chi connectivity index (χ1n) is 5.24. The van der Waals surface area contributed by atoms with Gasteiger partial charge in [0.2, 0.25) is 5.91 Å². The van der Waals surface area contributed by atoms with Gasteiger partial charge in [-0.15, -0.1) is 0 Å². The van der Waals surface area contributed by atoms with Crippen LogP contribution in [0.15, 0.2) is 18.2 Å².